The van der Waals surface area contributed by atoms with Gasteiger partial charge in [0.2, 0.25) is 0 Å². The fourth-order valence-electron chi connectivity index (χ4n) is 4.07. The lowest BCUT2D eigenvalue weighted by atomic mass is 9.92. The Morgan fingerprint density at radius 3 is 2.32 bits per heavy atom. The fraction of sp³-hybridized carbons (Fsp3) is 0.250. The van der Waals surface area contributed by atoms with Crippen LogP contribution in [0.15, 0.2) is 83.8 Å². The summed E-state index contributed by atoms with van der Waals surface area (Å²) in [4.78, 5) is 2.75. The predicted octanol–water partition coefficient (Wildman–Crippen LogP) is 4.65. The molecule has 0 saturated heterocycles. The summed E-state index contributed by atoms with van der Waals surface area (Å²) < 4.78 is 25.9. The zero-order chi connectivity index (χ0) is 19.6. The Bertz CT molecular complexity index is 1050. The molecule has 0 radical (unpaired) electrons. The van der Waals surface area contributed by atoms with Crippen molar-refractivity contribution in [2.75, 3.05) is 17.2 Å². The van der Waals surface area contributed by atoms with E-state index >= 15 is 0 Å². The minimum absolute atomic E-state index is 0.0724. The number of sulfone groups is 1. The van der Waals surface area contributed by atoms with E-state index in [1.165, 1.54) is 22.4 Å². The van der Waals surface area contributed by atoms with Crippen LogP contribution in [0.25, 0.3) is 0 Å². The molecule has 4 heteroatoms. The molecule has 28 heavy (non-hydrogen) atoms. The van der Waals surface area contributed by atoms with E-state index in [4.69, 9.17) is 0 Å². The molecule has 0 amide bonds. The Morgan fingerprint density at radius 2 is 1.61 bits per heavy atom. The first-order chi connectivity index (χ1) is 13.5. The van der Waals surface area contributed by atoms with Crippen molar-refractivity contribution in [2.24, 2.45) is 5.92 Å². The van der Waals surface area contributed by atoms with E-state index in [0.717, 1.165) is 19.5 Å². The monoisotopic (exact) mass is 391 g/mol. The molecule has 3 nitrogen and oxygen atoms in total. The van der Waals surface area contributed by atoms with Crippen LogP contribution < -0.4 is 4.90 Å². The molecule has 4 rings (SSSR count). The fourth-order valence-corrected chi connectivity index (χ4v) is 5.68. The van der Waals surface area contributed by atoms with Gasteiger partial charge in [-0.2, -0.15) is 0 Å². The Balaban J connectivity index is 1.62. The van der Waals surface area contributed by atoms with Gasteiger partial charge >= 0.3 is 0 Å². The highest BCUT2D eigenvalue weighted by molar-refractivity contribution is 7.91. The van der Waals surface area contributed by atoms with Crippen LogP contribution in [0.5, 0.6) is 0 Å². The molecule has 0 N–H and O–H groups in total. The number of benzene rings is 3. The van der Waals surface area contributed by atoms with Crippen LogP contribution in [-0.4, -0.2) is 20.7 Å². The minimum atomic E-state index is -3.30. The van der Waals surface area contributed by atoms with Gasteiger partial charge in [-0.1, -0.05) is 66.2 Å². The number of fused-ring (bicyclic) bond motifs is 1. The topological polar surface area (TPSA) is 37.4 Å². The standard InChI is InChI=1S/C24H25NO2S/c1-19-12-13-24-22(14-19)15-21(17-25(24)16-20-8-4-2-5-9-20)18-28(26,27)23-10-6-3-7-11-23/h2-14,21H,15-18H2,1H3. The van der Waals surface area contributed by atoms with Gasteiger partial charge in [-0.15, -0.1) is 0 Å². The SMILES string of the molecule is Cc1ccc2c(c1)CC(CS(=O)(=O)c1ccccc1)CN2Cc1ccccc1. The number of hydrogen-bond donors (Lipinski definition) is 0. The van der Waals surface area contributed by atoms with Gasteiger partial charge in [0, 0.05) is 18.8 Å². The molecule has 3 aromatic rings. The molecule has 1 aliphatic heterocycles. The summed E-state index contributed by atoms with van der Waals surface area (Å²) in [6.07, 6.45) is 0.800. The number of nitrogens with zero attached hydrogens (tertiary/aromatic N) is 1. The van der Waals surface area contributed by atoms with Crippen molar-refractivity contribution in [3.63, 3.8) is 0 Å². The molecular weight excluding hydrogens is 366 g/mol. The third-order valence-electron chi connectivity index (χ3n) is 5.34. The van der Waals surface area contributed by atoms with Crippen molar-refractivity contribution in [1.82, 2.24) is 0 Å². The Morgan fingerprint density at radius 1 is 0.929 bits per heavy atom. The number of hydrogen-bond acceptors (Lipinski definition) is 3. The van der Waals surface area contributed by atoms with Crippen molar-refractivity contribution in [3.8, 4) is 0 Å². The van der Waals surface area contributed by atoms with Gasteiger partial charge in [0.05, 0.1) is 10.6 Å². The average molecular weight is 392 g/mol. The smallest absolute Gasteiger partial charge is 0.178 e. The highest BCUT2D eigenvalue weighted by Crippen LogP contribution is 2.33. The van der Waals surface area contributed by atoms with Crippen LogP contribution in [-0.2, 0) is 22.8 Å². The first-order valence-corrected chi connectivity index (χ1v) is 11.3. The molecule has 144 valence electrons. The summed E-state index contributed by atoms with van der Waals surface area (Å²) in [5.41, 5.74) is 4.92. The van der Waals surface area contributed by atoms with E-state index in [1.54, 1.807) is 24.3 Å². The summed E-state index contributed by atoms with van der Waals surface area (Å²) in [5.74, 6) is 0.249. The molecule has 0 aliphatic carbocycles. The Hall–Kier alpha value is -2.59. The van der Waals surface area contributed by atoms with Gasteiger partial charge in [-0.25, -0.2) is 8.42 Å². The van der Waals surface area contributed by atoms with E-state index in [0.29, 0.717) is 4.90 Å². The Kier molecular flexibility index (Phi) is 5.23. The van der Waals surface area contributed by atoms with Crippen molar-refractivity contribution in [3.05, 3.63) is 95.6 Å². The van der Waals surface area contributed by atoms with Gasteiger partial charge in [0.1, 0.15) is 0 Å². The van der Waals surface area contributed by atoms with Crippen molar-refractivity contribution in [1.29, 1.82) is 0 Å². The Labute approximate surface area is 167 Å². The van der Waals surface area contributed by atoms with Gasteiger partial charge in [0.15, 0.2) is 9.84 Å². The molecule has 0 spiro atoms. The van der Waals surface area contributed by atoms with Crippen LogP contribution in [0.2, 0.25) is 0 Å². The maximum Gasteiger partial charge on any atom is 0.178 e. The second kappa shape index (κ2) is 7.80. The lowest BCUT2D eigenvalue weighted by Gasteiger charge is -2.36. The third-order valence-corrected chi connectivity index (χ3v) is 7.24. The lowest BCUT2D eigenvalue weighted by Crippen LogP contribution is -2.38. The van der Waals surface area contributed by atoms with Crippen LogP contribution in [0.4, 0.5) is 5.69 Å². The van der Waals surface area contributed by atoms with Crippen LogP contribution >= 0.6 is 0 Å². The zero-order valence-electron chi connectivity index (χ0n) is 16.1. The van der Waals surface area contributed by atoms with Crippen LogP contribution in [0, 0.1) is 12.8 Å². The quantitative estimate of drug-likeness (QED) is 0.635. The van der Waals surface area contributed by atoms with E-state index in [-0.39, 0.29) is 11.7 Å². The molecule has 1 aliphatic rings. The predicted molar refractivity (Wildman–Crippen MR) is 114 cm³/mol. The normalized spacial score (nSPS) is 16.6. The number of rotatable bonds is 5. The molecule has 0 bridgehead atoms. The van der Waals surface area contributed by atoms with E-state index in [2.05, 4.69) is 42.2 Å². The number of aryl methyl sites for hydroxylation is 1. The molecule has 0 fully saturated rings. The maximum atomic E-state index is 12.9. The molecule has 1 heterocycles. The highest BCUT2D eigenvalue weighted by Gasteiger charge is 2.29. The maximum absolute atomic E-state index is 12.9. The van der Waals surface area contributed by atoms with Gasteiger partial charge in [-0.05, 0) is 48.6 Å². The summed E-state index contributed by atoms with van der Waals surface area (Å²) >= 11 is 0. The first kappa shape index (κ1) is 18.8. The van der Waals surface area contributed by atoms with Gasteiger partial charge < -0.3 is 4.90 Å². The molecule has 1 unspecified atom stereocenters. The minimum Gasteiger partial charge on any atom is -0.367 e. The van der Waals surface area contributed by atoms with Gasteiger partial charge in [-0.3, -0.25) is 0 Å². The first-order valence-electron chi connectivity index (χ1n) is 9.67. The molecule has 1 atom stereocenters. The van der Waals surface area contributed by atoms with Crippen molar-refractivity contribution >= 4 is 15.5 Å². The molecule has 0 aromatic heterocycles. The van der Waals surface area contributed by atoms with Crippen molar-refractivity contribution < 1.29 is 8.42 Å². The van der Waals surface area contributed by atoms with Crippen LogP contribution in [0.3, 0.4) is 0 Å². The average Bonchev–Trinajstić information content (AvgIpc) is 2.69. The lowest BCUT2D eigenvalue weighted by molar-refractivity contribution is 0.515. The summed E-state index contributed by atoms with van der Waals surface area (Å²) in [5, 5.41) is 0. The molecule has 3 aromatic carbocycles. The largest absolute Gasteiger partial charge is 0.367 e. The molecule has 0 saturated carbocycles. The summed E-state index contributed by atoms with van der Waals surface area (Å²) in [7, 11) is -3.30. The second-order valence-electron chi connectivity index (χ2n) is 7.66. The van der Waals surface area contributed by atoms with E-state index in [9.17, 15) is 8.42 Å². The highest BCUT2D eigenvalue weighted by atomic mass is 32.2. The zero-order valence-corrected chi connectivity index (χ0v) is 16.9. The van der Waals surface area contributed by atoms with E-state index in [1.807, 2.05) is 24.3 Å². The van der Waals surface area contributed by atoms with E-state index < -0.39 is 9.84 Å². The van der Waals surface area contributed by atoms with Crippen molar-refractivity contribution in [2.45, 2.75) is 24.8 Å². The second-order valence-corrected chi connectivity index (χ2v) is 9.70. The van der Waals surface area contributed by atoms with Gasteiger partial charge in [0.25, 0.3) is 0 Å². The number of anilines is 1. The summed E-state index contributed by atoms with van der Waals surface area (Å²) in [6.45, 7) is 3.63. The van der Waals surface area contributed by atoms with Crippen LogP contribution in [0.1, 0.15) is 16.7 Å². The third kappa shape index (κ3) is 4.12. The summed E-state index contributed by atoms with van der Waals surface area (Å²) in [6, 6.07) is 25.7. The molecular formula is C24H25NO2S.